The molecule has 2 atom stereocenters. The number of carbonyl (C=O) groups is 1. The summed E-state index contributed by atoms with van der Waals surface area (Å²) in [4.78, 5) is 11.5. The van der Waals surface area contributed by atoms with E-state index in [1.54, 1.807) is 14.0 Å². The van der Waals surface area contributed by atoms with Crippen LogP contribution in [0.2, 0.25) is 0 Å². The number of nitrogens with two attached hydrogens (primary N) is 1. The third-order valence-corrected chi connectivity index (χ3v) is 3.44. The zero-order valence-electron chi connectivity index (χ0n) is 11.6. The van der Waals surface area contributed by atoms with Crippen molar-refractivity contribution in [3.05, 3.63) is 28.2 Å². The smallest absolute Gasteiger partial charge is 0.260 e. The summed E-state index contributed by atoms with van der Waals surface area (Å²) in [5.74, 6) is 0.567. The number of rotatable bonds is 6. The largest absolute Gasteiger partial charge is 0.481 e. The Hall–Kier alpha value is -1.07. The van der Waals surface area contributed by atoms with Gasteiger partial charge in [0.2, 0.25) is 0 Å². The third kappa shape index (κ3) is 4.84. The average Bonchev–Trinajstić information content (AvgIpc) is 2.40. The predicted octanol–water partition coefficient (Wildman–Crippen LogP) is 2.24. The molecule has 0 fully saturated rings. The molecule has 5 heteroatoms. The minimum absolute atomic E-state index is 0.0898. The first-order chi connectivity index (χ1) is 8.97. The molecule has 1 aromatic rings. The van der Waals surface area contributed by atoms with Gasteiger partial charge in [0.25, 0.3) is 5.91 Å². The molecule has 106 valence electrons. The molecule has 0 heterocycles. The van der Waals surface area contributed by atoms with Gasteiger partial charge in [-0.25, -0.2) is 0 Å². The van der Waals surface area contributed by atoms with Crippen molar-refractivity contribution in [3.8, 4) is 5.75 Å². The molecule has 4 nitrogen and oxygen atoms in total. The van der Waals surface area contributed by atoms with Crippen molar-refractivity contribution >= 4 is 21.8 Å². The van der Waals surface area contributed by atoms with E-state index in [9.17, 15) is 4.79 Å². The highest BCUT2D eigenvalue weighted by molar-refractivity contribution is 9.10. The lowest BCUT2D eigenvalue weighted by Gasteiger charge is -2.18. The summed E-state index contributed by atoms with van der Waals surface area (Å²) in [6.07, 6.45) is 1.10. The normalized spacial score (nSPS) is 13.7. The highest BCUT2D eigenvalue weighted by atomic mass is 79.9. The summed E-state index contributed by atoms with van der Waals surface area (Å²) in [5.41, 5.74) is 7.00. The van der Waals surface area contributed by atoms with Crippen LogP contribution in [-0.2, 0) is 11.2 Å². The van der Waals surface area contributed by atoms with Gasteiger partial charge in [-0.05, 0) is 43.5 Å². The van der Waals surface area contributed by atoms with E-state index in [-0.39, 0.29) is 11.9 Å². The Kier molecular flexibility index (Phi) is 6.31. The van der Waals surface area contributed by atoms with Crippen LogP contribution in [0.3, 0.4) is 0 Å². The molecule has 0 aliphatic heterocycles. The fourth-order valence-corrected chi connectivity index (χ4v) is 2.11. The first-order valence-corrected chi connectivity index (χ1v) is 7.19. The van der Waals surface area contributed by atoms with Crippen LogP contribution in [0.5, 0.6) is 5.75 Å². The summed E-state index contributed by atoms with van der Waals surface area (Å²) in [7, 11) is 1.59. The van der Waals surface area contributed by atoms with E-state index >= 15 is 0 Å². The van der Waals surface area contributed by atoms with Crippen LogP contribution in [0, 0.1) is 0 Å². The molecule has 2 unspecified atom stereocenters. The first kappa shape index (κ1) is 16.0. The lowest BCUT2D eigenvalue weighted by Crippen LogP contribution is -2.34. The maximum Gasteiger partial charge on any atom is 0.260 e. The van der Waals surface area contributed by atoms with Crippen molar-refractivity contribution < 1.29 is 9.53 Å². The summed E-state index contributed by atoms with van der Waals surface area (Å²) in [6, 6.07) is 5.84. The second-order valence-electron chi connectivity index (χ2n) is 4.50. The molecule has 0 aliphatic carbocycles. The Morgan fingerprint density at radius 2 is 2.21 bits per heavy atom. The fraction of sp³-hybridized carbons (Fsp3) is 0.500. The van der Waals surface area contributed by atoms with E-state index in [0.29, 0.717) is 5.75 Å². The summed E-state index contributed by atoms with van der Waals surface area (Å²) < 4.78 is 6.69. The van der Waals surface area contributed by atoms with Crippen LogP contribution in [0.15, 0.2) is 22.7 Å². The van der Waals surface area contributed by atoms with Crippen LogP contribution < -0.4 is 15.8 Å². The molecule has 1 rings (SSSR count). The molecule has 0 bridgehead atoms. The standard InChI is InChI=1S/C14H21BrN2O2/c1-4-12(16)8-10-7-11(15)5-6-13(10)19-9(2)14(18)17-3/h5-7,9,12H,4,8,16H2,1-3H3,(H,17,18). The van der Waals surface area contributed by atoms with Gasteiger partial charge >= 0.3 is 0 Å². The first-order valence-electron chi connectivity index (χ1n) is 6.40. The van der Waals surface area contributed by atoms with Gasteiger partial charge in [0, 0.05) is 17.6 Å². The van der Waals surface area contributed by atoms with Crippen molar-refractivity contribution in [1.82, 2.24) is 5.32 Å². The average molecular weight is 329 g/mol. The molecule has 3 N–H and O–H groups in total. The number of nitrogens with one attached hydrogen (secondary N) is 1. The van der Waals surface area contributed by atoms with Crippen molar-refractivity contribution in [1.29, 1.82) is 0 Å². The van der Waals surface area contributed by atoms with Gasteiger partial charge in [-0.3, -0.25) is 4.79 Å². The second-order valence-corrected chi connectivity index (χ2v) is 5.41. The highest BCUT2D eigenvalue weighted by Crippen LogP contribution is 2.25. The number of benzene rings is 1. The highest BCUT2D eigenvalue weighted by Gasteiger charge is 2.16. The maximum absolute atomic E-state index is 11.5. The van der Waals surface area contributed by atoms with Crippen molar-refractivity contribution in [2.75, 3.05) is 7.05 Å². The molecular formula is C14H21BrN2O2. The molecule has 19 heavy (non-hydrogen) atoms. The van der Waals surface area contributed by atoms with E-state index < -0.39 is 6.10 Å². The van der Waals surface area contributed by atoms with E-state index in [1.165, 1.54) is 0 Å². The zero-order chi connectivity index (χ0) is 14.4. The minimum Gasteiger partial charge on any atom is -0.481 e. The summed E-state index contributed by atoms with van der Waals surface area (Å²) in [5, 5.41) is 2.57. The Morgan fingerprint density at radius 3 is 2.79 bits per heavy atom. The predicted molar refractivity (Wildman–Crippen MR) is 80.3 cm³/mol. The van der Waals surface area contributed by atoms with Crippen molar-refractivity contribution in [2.24, 2.45) is 5.73 Å². The second kappa shape index (κ2) is 7.50. The maximum atomic E-state index is 11.5. The van der Waals surface area contributed by atoms with E-state index in [1.807, 2.05) is 18.2 Å². The van der Waals surface area contributed by atoms with Crippen LogP contribution in [0.25, 0.3) is 0 Å². The van der Waals surface area contributed by atoms with Gasteiger partial charge < -0.3 is 15.8 Å². The quantitative estimate of drug-likeness (QED) is 0.841. The molecule has 0 radical (unpaired) electrons. The van der Waals surface area contributed by atoms with Crippen LogP contribution in [-0.4, -0.2) is 25.1 Å². The van der Waals surface area contributed by atoms with Crippen molar-refractivity contribution in [2.45, 2.75) is 38.8 Å². The van der Waals surface area contributed by atoms with Crippen LogP contribution >= 0.6 is 15.9 Å². The van der Waals surface area contributed by atoms with Crippen LogP contribution in [0.4, 0.5) is 0 Å². The molecule has 0 saturated heterocycles. The van der Waals surface area contributed by atoms with Gasteiger partial charge in [-0.1, -0.05) is 22.9 Å². The van der Waals surface area contributed by atoms with Gasteiger partial charge in [0.05, 0.1) is 0 Å². The van der Waals surface area contributed by atoms with Gasteiger partial charge in [-0.2, -0.15) is 0 Å². The topological polar surface area (TPSA) is 64.3 Å². The lowest BCUT2D eigenvalue weighted by atomic mass is 10.0. The number of hydrogen-bond acceptors (Lipinski definition) is 3. The fourth-order valence-electron chi connectivity index (χ4n) is 1.70. The lowest BCUT2D eigenvalue weighted by molar-refractivity contribution is -0.126. The SMILES string of the molecule is CCC(N)Cc1cc(Br)ccc1OC(C)C(=O)NC. The van der Waals surface area contributed by atoms with Gasteiger partial charge in [0.15, 0.2) is 6.10 Å². The molecule has 0 saturated carbocycles. The monoisotopic (exact) mass is 328 g/mol. The minimum atomic E-state index is -0.525. The molecular weight excluding hydrogens is 308 g/mol. The molecule has 0 aromatic heterocycles. The Bertz CT molecular complexity index is 437. The summed E-state index contributed by atoms with van der Waals surface area (Å²) in [6.45, 7) is 3.78. The number of halogens is 1. The van der Waals surface area contributed by atoms with Crippen molar-refractivity contribution in [3.63, 3.8) is 0 Å². The number of carbonyl (C=O) groups excluding carboxylic acids is 1. The Balaban J connectivity index is 2.90. The van der Waals surface area contributed by atoms with E-state index in [4.69, 9.17) is 10.5 Å². The molecule has 0 spiro atoms. The summed E-state index contributed by atoms with van der Waals surface area (Å²) >= 11 is 3.44. The van der Waals surface area contributed by atoms with E-state index in [0.717, 1.165) is 22.9 Å². The Morgan fingerprint density at radius 1 is 1.53 bits per heavy atom. The Labute approximate surface area is 122 Å². The number of hydrogen-bond donors (Lipinski definition) is 2. The number of amides is 1. The zero-order valence-corrected chi connectivity index (χ0v) is 13.2. The third-order valence-electron chi connectivity index (χ3n) is 2.95. The molecule has 1 aromatic carbocycles. The molecule has 0 aliphatic rings. The van der Waals surface area contributed by atoms with Gasteiger partial charge in [-0.15, -0.1) is 0 Å². The van der Waals surface area contributed by atoms with E-state index in [2.05, 4.69) is 28.2 Å². The molecule has 1 amide bonds. The van der Waals surface area contributed by atoms with Gasteiger partial charge in [0.1, 0.15) is 5.75 Å². The number of likely N-dealkylation sites (N-methyl/N-ethyl adjacent to an activating group) is 1. The van der Waals surface area contributed by atoms with Crippen LogP contribution in [0.1, 0.15) is 25.8 Å². The number of ether oxygens (including phenoxy) is 1.